The van der Waals surface area contributed by atoms with Crippen LogP contribution in [0.15, 0.2) is 65.9 Å². The van der Waals surface area contributed by atoms with Crippen LogP contribution in [0.25, 0.3) is 22.6 Å². The predicted octanol–water partition coefficient (Wildman–Crippen LogP) is 5.34. The maximum absolute atomic E-state index is 12.3. The number of allylic oxidation sites excluding steroid dienone is 1. The summed E-state index contributed by atoms with van der Waals surface area (Å²) in [5.74, 6) is 5.68. The standard InChI is InChI=1S/C21H26N8O.C9H12N2O3.C9H18N2O.C5H4N2O3.C4H7Br/c1-3-29-20(15-8-22-13(2)23-9-15)27-18-19(24-12-25-21(18)29)26-16-6-7-17(30)28(11-16)10-14-4-5-14;12-9-4-3-8(11(13)14)6-10(9)5-7-1-2-7;10-8-3-4-9(12)11(6-8)5-7-1-2-7;8-5-2-1-4(3-6-5)7(9)10;5-3-4-1-2-4/h8-9,12,14,16H,3-7,10-11H2,1-2H3,(H,24,25,26);3-4,6-7,9,12H,1-2,5H2;7-9,12H,1-6,10H2;1-3H,(H,6,8);4H,1-3H2. The number of nitrogens with two attached hydrogens (primary N) is 1. The highest BCUT2D eigenvalue weighted by Gasteiger charge is 2.33. The Morgan fingerprint density at radius 2 is 1.54 bits per heavy atom. The smallest absolute Gasteiger partial charge is 0.285 e. The third kappa shape index (κ3) is 16.4. The number of amides is 1. The van der Waals surface area contributed by atoms with Gasteiger partial charge >= 0.3 is 0 Å². The van der Waals surface area contributed by atoms with Gasteiger partial charge in [-0.05, 0) is 114 Å². The number of nitro groups is 2. The van der Waals surface area contributed by atoms with Crippen LogP contribution in [0.5, 0.6) is 0 Å². The Hall–Kier alpha value is -5.75. The Balaban J connectivity index is 0.000000149. The summed E-state index contributed by atoms with van der Waals surface area (Å²) in [7, 11) is 0. The molecule has 7 heterocycles. The fourth-order valence-corrected chi connectivity index (χ4v) is 8.86. The van der Waals surface area contributed by atoms with Crippen molar-refractivity contribution < 1.29 is 24.9 Å². The minimum Gasteiger partial charge on any atom is -0.378 e. The van der Waals surface area contributed by atoms with Crippen molar-refractivity contribution in [1.29, 1.82) is 0 Å². The number of carbonyl (C=O) groups excluding carboxylic acids is 1. The highest BCUT2D eigenvalue weighted by Crippen LogP contribution is 2.34. The summed E-state index contributed by atoms with van der Waals surface area (Å²) >= 11 is 3.38. The van der Waals surface area contributed by atoms with Gasteiger partial charge in [0, 0.05) is 93.7 Å². The van der Waals surface area contributed by atoms with Gasteiger partial charge in [-0.2, -0.15) is 0 Å². The number of hydrogen-bond donors (Lipinski definition) is 5. The number of aromatic nitrogens is 7. The summed E-state index contributed by atoms with van der Waals surface area (Å²) in [4.78, 5) is 72.5. The number of rotatable bonds is 13. The number of alkyl halides is 1. The molecule has 0 spiro atoms. The van der Waals surface area contributed by atoms with E-state index in [1.807, 2.05) is 11.8 Å². The minimum absolute atomic E-state index is 0.0379. The number of aliphatic hydroxyl groups is 2. The number of piperidine rings is 2. The number of nitrogens with zero attached hydrogens (tertiary/aromatic N) is 11. The molecule has 0 radical (unpaired) electrons. The van der Waals surface area contributed by atoms with Crippen molar-refractivity contribution in [1.82, 2.24) is 49.2 Å². The van der Waals surface area contributed by atoms with Gasteiger partial charge in [0.05, 0.1) is 27.8 Å². The highest BCUT2D eigenvalue weighted by molar-refractivity contribution is 9.09. The second-order valence-electron chi connectivity index (χ2n) is 19.4. The summed E-state index contributed by atoms with van der Waals surface area (Å²) in [5, 5.41) is 44.4. The van der Waals surface area contributed by atoms with Crippen molar-refractivity contribution in [3.8, 4) is 11.4 Å². The molecule has 7 aliphatic rings. The number of aryl methyl sites for hydroxylation is 2. The third-order valence-corrected chi connectivity index (χ3v) is 14.0. The van der Waals surface area contributed by atoms with Crippen molar-refractivity contribution in [2.45, 2.75) is 122 Å². The fraction of sp³-hybridized carbons (Fsp3) is 0.604. The third-order valence-electron chi connectivity index (χ3n) is 13.1. The molecule has 0 aromatic carbocycles. The molecule has 4 aliphatic carbocycles. The van der Waals surface area contributed by atoms with Crippen LogP contribution in [0.4, 0.5) is 11.5 Å². The predicted molar refractivity (Wildman–Crippen MR) is 270 cm³/mol. The topological polar surface area (TPSA) is 294 Å². The molecule has 3 aliphatic heterocycles. The molecule has 4 aromatic rings. The molecule has 2 saturated heterocycles. The lowest BCUT2D eigenvalue weighted by atomic mass is 10.0. The maximum Gasteiger partial charge on any atom is 0.285 e. The van der Waals surface area contributed by atoms with E-state index in [2.05, 4.69) is 62.6 Å². The summed E-state index contributed by atoms with van der Waals surface area (Å²) in [6, 6.07) is 2.71. The molecule has 0 bridgehead atoms. The van der Waals surface area contributed by atoms with Crippen LogP contribution in [0.2, 0.25) is 0 Å². The van der Waals surface area contributed by atoms with E-state index >= 15 is 0 Å². The molecule has 4 unspecified atom stereocenters. The van der Waals surface area contributed by atoms with Crippen LogP contribution in [0.1, 0.15) is 89.8 Å². The Morgan fingerprint density at radius 3 is 2.13 bits per heavy atom. The molecule has 6 fully saturated rings. The second kappa shape index (κ2) is 25.1. The zero-order valence-electron chi connectivity index (χ0n) is 40.5. The molecule has 71 heavy (non-hydrogen) atoms. The molecular weight excluding hydrogens is 981 g/mol. The monoisotopic (exact) mass is 1050 g/mol. The molecule has 4 saturated carbocycles. The van der Waals surface area contributed by atoms with Crippen molar-refractivity contribution in [3.05, 3.63) is 97.5 Å². The molecule has 4 aromatic heterocycles. The number of pyridine rings is 1. The van der Waals surface area contributed by atoms with Crippen molar-refractivity contribution >= 4 is 44.5 Å². The van der Waals surface area contributed by atoms with Gasteiger partial charge in [0.15, 0.2) is 17.0 Å². The molecule has 6 N–H and O–H groups in total. The van der Waals surface area contributed by atoms with Crippen LogP contribution in [0, 0.1) is 50.8 Å². The lowest BCUT2D eigenvalue weighted by Crippen LogP contribution is -2.49. The van der Waals surface area contributed by atoms with Crippen molar-refractivity contribution in [3.63, 3.8) is 0 Å². The molecule has 11 rings (SSSR count). The zero-order chi connectivity index (χ0) is 50.6. The molecule has 22 nitrogen and oxygen atoms in total. The number of fused-ring (bicyclic) bond motifs is 1. The van der Waals surface area contributed by atoms with E-state index in [1.54, 1.807) is 23.6 Å². The number of likely N-dealkylation sites (tertiary alicyclic amines) is 2. The van der Waals surface area contributed by atoms with E-state index in [4.69, 9.17) is 10.7 Å². The van der Waals surface area contributed by atoms with Gasteiger partial charge < -0.3 is 40.6 Å². The Bertz CT molecular complexity index is 2520. The number of nitrogens with one attached hydrogen (secondary N) is 2. The largest absolute Gasteiger partial charge is 0.378 e. The average Bonchev–Trinajstić information content (AvgIpc) is 4.11. The van der Waals surface area contributed by atoms with Gasteiger partial charge in [0.25, 0.3) is 11.4 Å². The van der Waals surface area contributed by atoms with Crippen LogP contribution >= 0.6 is 15.9 Å². The first kappa shape index (κ1) is 53.1. The summed E-state index contributed by atoms with van der Waals surface area (Å²) in [6.07, 6.45) is 23.1. The maximum atomic E-state index is 12.3. The highest BCUT2D eigenvalue weighted by atomic mass is 79.9. The lowest BCUT2D eigenvalue weighted by molar-refractivity contribution is -0.420. The van der Waals surface area contributed by atoms with E-state index < -0.39 is 16.1 Å². The lowest BCUT2D eigenvalue weighted by Gasteiger charge is -2.35. The average molecular weight is 1050 g/mol. The Morgan fingerprint density at radius 1 is 0.859 bits per heavy atom. The van der Waals surface area contributed by atoms with E-state index in [9.17, 15) is 40.0 Å². The van der Waals surface area contributed by atoms with Crippen molar-refractivity contribution in [2.24, 2.45) is 29.4 Å². The Kier molecular flexibility index (Phi) is 18.7. The van der Waals surface area contributed by atoms with E-state index in [0.717, 1.165) is 117 Å². The number of halogens is 1. The first-order valence-electron chi connectivity index (χ1n) is 24.8. The van der Waals surface area contributed by atoms with E-state index in [0.29, 0.717) is 37.2 Å². The number of aliphatic hydroxyl groups excluding tert-OH is 2. The second-order valence-corrected chi connectivity index (χ2v) is 20.1. The molecular formula is C48H67BrN14O8. The van der Waals surface area contributed by atoms with Crippen molar-refractivity contribution in [2.75, 3.05) is 43.4 Å². The van der Waals surface area contributed by atoms with E-state index in [-0.39, 0.29) is 41.2 Å². The number of imidazole rings is 1. The molecule has 4 atom stereocenters. The fourth-order valence-electron chi connectivity index (χ4n) is 8.21. The molecule has 384 valence electrons. The SMILES string of the molecule is BrCC1CC1.CCn1c(-c2cnc(C)nc2)nc2c(NC3CCC(=O)N(CC4CC4)C3)ncnc21.NC1CCC(O)N(CC2CC2)C1.O=[N+]([O-])C1=CN(CC2CC2)C(O)C=C1.O=c1ccc([N+](=O)[O-])c[nH]1. The number of anilines is 1. The van der Waals surface area contributed by atoms with Crippen LogP contribution in [-0.2, 0) is 11.3 Å². The van der Waals surface area contributed by atoms with Crippen LogP contribution in [0.3, 0.4) is 0 Å². The first-order valence-corrected chi connectivity index (χ1v) is 25.9. The summed E-state index contributed by atoms with van der Waals surface area (Å²) in [5.41, 5.74) is 7.79. The number of aromatic amines is 1. The first-order chi connectivity index (χ1) is 34.2. The number of H-pyrrole nitrogens is 1. The zero-order valence-corrected chi connectivity index (χ0v) is 42.1. The normalized spacial score (nSPS) is 22.8. The van der Waals surface area contributed by atoms with Gasteiger partial charge in [0.2, 0.25) is 11.5 Å². The van der Waals surface area contributed by atoms with Crippen LogP contribution in [-0.4, -0.2) is 138 Å². The Labute approximate surface area is 420 Å². The minimum atomic E-state index is -0.709. The van der Waals surface area contributed by atoms with Gasteiger partial charge in [-0.15, -0.1) is 0 Å². The molecule has 23 heteroatoms. The van der Waals surface area contributed by atoms with Gasteiger partial charge in [0.1, 0.15) is 30.4 Å². The van der Waals surface area contributed by atoms with Crippen LogP contribution < -0.4 is 16.6 Å². The van der Waals surface area contributed by atoms with Gasteiger partial charge in [-0.25, -0.2) is 24.9 Å². The number of carbonyl (C=O) groups is 1. The summed E-state index contributed by atoms with van der Waals surface area (Å²) < 4.78 is 2.06. The van der Waals surface area contributed by atoms with E-state index in [1.165, 1.54) is 62.2 Å². The quantitative estimate of drug-likeness (QED) is 0.0641. The molecule has 1 amide bonds. The van der Waals surface area contributed by atoms with Gasteiger partial charge in [-0.1, -0.05) is 15.9 Å². The number of hydrogen-bond acceptors (Lipinski definition) is 17. The summed E-state index contributed by atoms with van der Waals surface area (Å²) in [6.45, 7) is 8.92. The van der Waals surface area contributed by atoms with Gasteiger partial charge in [-0.3, -0.25) is 34.7 Å².